The number of phenolic OH excluding ortho intramolecular Hbond substituents is 1. The Bertz CT molecular complexity index is 938. The lowest BCUT2D eigenvalue weighted by molar-refractivity contribution is 0.430. The van der Waals surface area contributed by atoms with Crippen LogP contribution in [0.2, 0.25) is 0 Å². The Kier molecular flexibility index (Phi) is 6.89. The average molecular weight is 435 g/mol. The molecule has 4 rings (SSSR count). The highest BCUT2D eigenvalue weighted by atomic mass is 16.5. The highest BCUT2D eigenvalue weighted by molar-refractivity contribution is 5.53. The maximum atomic E-state index is 11.2. The molecule has 2 aromatic rings. The van der Waals surface area contributed by atoms with Gasteiger partial charge in [-0.2, -0.15) is 0 Å². The van der Waals surface area contributed by atoms with E-state index in [-0.39, 0.29) is 0 Å². The van der Waals surface area contributed by atoms with Gasteiger partial charge in [-0.15, -0.1) is 0 Å². The van der Waals surface area contributed by atoms with Crippen LogP contribution in [0.1, 0.15) is 126 Å². The molecule has 4 atom stereocenters. The van der Waals surface area contributed by atoms with Crippen molar-refractivity contribution in [2.45, 2.75) is 104 Å². The minimum atomic E-state index is 0.304. The molecular formula is C30H42O2. The molecule has 0 bridgehead atoms. The van der Waals surface area contributed by atoms with Gasteiger partial charge in [-0.1, -0.05) is 59.7 Å². The normalized spacial score (nSPS) is 19.9. The van der Waals surface area contributed by atoms with Crippen LogP contribution in [0.15, 0.2) is 30.3 Å². The van der Waals surface area contributed by atoms with E-state index in [1.54, 1.807) is 0 Å². The molecule has 2 heteroatoms. The summed E-state index contributed by atoms with van der Waals surface area (Å²) in [6.45, 7) is 13.6. The Balaban J connectivity index is 1.80. The number of hydrogen-bond acceptors (Lipinski definition) is 2. The molecule has 2 aliphatic rings. The number of para-hydroxylation sites is 1. The van der Waals surface area contributed by atoms with Gasteiger partial charge in [0.15, 0.2) is 0 Å². The number of ether oxygens (including phenoxy) is 1. The van der Waals surface area contributed by atoms with E-state index in [1.807, 2.05) is 0 Å². The topological polar surface area (TPSA) is 29.5 Å². The van der Waals surface area contributed by atoms with Crippen molar-refractivity contribution in [2.24, 2.45) is 11.8 Å². The smallest absolute Gasteiger partial charge is 0.134 e. The predicted molar refractivity (Wildman–Crippen MR) is 134 cm³/mol. The molecule has 2 saturated carbocycles. The van der Waals surface area contributed by atoms with Crippen molar-refractivity contribution in [3.8, 4) is 17.2 Å². The minimum absolute atomic E-state index is 0.304. The molecule has 32 heavy (non-hydrogen) atoms. The third-order valence-corrected chi connectivity index (χ3v) is 8.36. The highest BCUT2D eigenvalue weighted by Crippen LogP contribution is 2.50. The van der Waals surface area contributed by atoms with Crippen molar-refractivity contribution in [1.82, 2.24) is 0 Å². The molecule has 2 aliphatic carbocycles. The molecule has 0 unspecified atom stereocenters. The quantitative estimate of drug-likeness (QED) is 0.404. The maximum absolute atomic E-state index is 11.2. The second kappa shape index (κ2) is 9.49. The van der Waals surface area contributed by atoms with Crippen LogP contribution in [0.25, 0.3) is 0 Å². The van der Waals surface area contributed by atoms with Crippen molar-refractivity contribution < 1.29 is 9.84 Å². The van der Waals surface area contributed by atoms with Gasteiger partial charge < -0.3 is 9.84 Å². The van der Waals surface area contributed by atoms with E-state index in [0.29, 0.717) is 35.3 Å². The standard InChI is InChI=1S/C30H42O2/c1-7-18(3)25-10-9-11-26(20(5)22-12-13-22)30(25)32-24-16-27(19(4)8-2)29(31)28(17-24)21(6)23-14-15-23/h9-11,16-23,31H,7-8,12-15H2,1-6H3/t18-,19+,20-,21+/m1/s1. The molecule has 1 N–H and O–H groups in total. The Morgan fingerprint density at radius 3 is 1.84 bits per heavy atom. The van der Waals surface area contributed by atoms with Crippen molar-refractivity contribution in [3.05, 3.63) is 52.6 Å². The van der Waals surface area contributed by atoms with Crippen molar-refractivity contribution >= 4 is 0 Å². The van der Waals surface area contributed by atoms with Crippen LogP contribution < -0.4 is 4.74 Å². The summed E-state index contributed by atoms with van der Waals surface area (Å²) < 4.78 is 6.83. The molecule has 2 nitrogen and oxygen atoms in total. The van der Waals surface area contributed by atoms with Crippen LogP contribution in [0, 0.1) is 11.8 Å². The van der Waals surface area contributed by atoms with Crippen LogP contribution in [0.4, 0.5) is 0 Å². The number of benzene rings is 2. The number of aromatic hydroxyl groups is 1. The van der Waals surface area contributed by atoms with Gasteiger partial charge in [0.25, 0.3) is 0 Å². The van der Waals surface area contributed by atoms with Crippen LogP contribution >= 0.6 is 0 Å². The number of phenols is 1. The van der Waals surface area contributed by atoms with Crippen molar-refractivity contribution in [3.63, 3.8) is 0 Å². The van der Waals surface area contributed by atoms with Gasteiger partial charge in [-0.25, -0.2) is 0 Å². The summed E-state index contributed by atoms with van der Waals surface area (Å²) >= 11 is 0. The molecule has 0 saturated heterocycles. The van der Waals surface area contributed by atoms with E-state index in [1.165, 1.54) is 36.8 Å². The molecule has 174 valence electrons. The van der Waals surface area contributed by atoms with Crippen LogP contribution in [0.5, 0.6) is 17.2 Å². The highest BCUT2D eigenvalue weighted by Gasteiger charge is 2.33. The van der Waals surface area contributed by atoms with Gasteiger partial charge in [-0.05, 0) is 97.3 Å². The largest absolute Gasteiger partial charge is 0.507 e. The van der Waals surface area contributed by atoms with Crippen LogP contribution in [0.3, 0.4) is 0 Å². The van der Waals surface area contributed by atoms with E-state index in [9.17, 15) is 5.11 Å². The van der Waals surface area contributed by atoms with Gasteiger partial charge in [0.05, 0.1) is 0 Å². The summed E-state index contributed by atoms with van der Waals surface area (Å²) in [6, 6.07) is 11.0. The predicted octanol–water partition coefficient (Wildman–Crippen LogP) is 9.24. The Morgan fingerprint density at radius 2 is 1.28 bits per heavy atom. The van der Waals surface area contributed by atoms with E-state index in [2.05, 4.69) is 71.9 Å². The van der Waals surface area contributed by atoms with Gasteiger partial charge in [0.2, 0.25) is 0 Å². The summed E-state index contributed by atoms with van der Waals surface area (Å²) in [6.07, 6.45) is 7.29. The molecule has 2 aromatic carbocycles. The third kappa shape index (κ3) is 4.70. The van der Waals surface area contributed by atoms with E-state index in [0.717, 1.165) is 41.4 Å². The van der Waals surface area contributed by atoms with Gasteiger partial charge in [0.1, 0.15) is 17.2 Å². The van der Waals surface area contributed by atoms with E-state index in [4.69, 9.17) is 4.74 Å². The van der Waals surface area contributed by atoms with Gasteiger partial charge >= 0.3 is 0 Å². The maximum Gasteiger partial charge on any atom is 0.134 e. The first kappa shape index (κ1) is 23.2. The van der Waals surface area contributed by atoms with Gasteiger partial charge in [0, 0.05) is 11.1 Å². The second-order valence-electron chi connectivity index (χ2n) is 10.7. The Morgan fingerprint density at radius 1 is 0.781 bits per heavy atom. The first-order valence-electron chi connectivity index (χ1n) is 13.0. The zero-order chi connectivity index (χ0) is 23.0. The van der Waals surface area contributed by atoms with Gasteiger partial charge in [-0.3, -0.25) is 0 Å². The average Bonchev–Trinajstić information content (AvgIpc) is 3.71. The van der Waals surface area contributed by atoms with Crippen molar-refractivity contribution in [1.29, 1.82) is 0 Å². The molecule has 0 amide bonds. The fourth-order valence-corrected chi connectivity index (χ4v) is 5.13. The summed E-state index contributed by atoms with van der Waals surface area (Å²) in [5.74, 6) is 5.57. The molecule has 0 aliphatic heterocycles. The first-order chi connectivity index (χ1) is 15.3. The minimum Gasteiger partial charge on any atom is -0.507 e. The molecule has 0 heterocycles. The number of rotatable bonds is 10. The molecule has 0 spiro atoms. The Labute approximate surface area is 195 Å². The number of hydrogen-bond donors (Lipinski definition) is 1. The molecule has 2 fully saturated rings. The van der Waals surface area contributed by atoms with E-state index >= 15 is 0 Å². The van der Waals surface area contributed by atoms with Crippen LogP contribution in [-0.2, 0) is 0 Å². The lowest BCUT2D eigenvalue weighted by Gasteiger charge is -2.24. The first-order valence-corrected chi connectivity index (χ1v) is 13.0. The molecular weight excluding hydrogens is 392 g/mol. The zero-order valence-electron chi connectivity index (χ0n) is 20.9. The SMILES string of the molecule is CC[C@@H](C)c1cccc([C@H](C)C2CC2)c1Oc1cc([C@@H](C)C2CC2)c(O)c([C@@H](C)CC)c1. The zero-order valence-corrected chi connectivity index (χ0v) is 20.9. The monoisotopic (exact) mass is 434 g/mol. The molecule has 0 aromatic heterocycles. The Hall–Kier alpha value is -1.96. The second-order valence-corrected chi connectivity index (χ2v) is 10.7. The third-order valence-electron chi connectivity index (χ3n) is 8.36. The van der Waals surface area contributed by atoms with Crippen LogP contribution in [-0.4, -0.2) is 5.11 Å². The van der Waals surface area contributed by atoms with Crippen molar-refractivity contribution in [2.75, 3.05) is 0 Å². The fraction of sp³-hybridized carbons (Fsp3) is 0.600. The summed E-state index contributed by atoms with van der Waals surface area (Å²) in [4.78, 5) is 0. The fourth-order valence-electron chi connectivity index (χ4n) is 5.13. The summed E-state index contributed by atoms with van der Waals surface area (Å²) in [5, 5.41) is 11.2. The summed E-state index contributed by atoms with van der Waals surface area (Å²) in [7, 11) is 0. The summed E-state index contributed by atoms with van der Waals surface area (Å²) in [5.41, 5.74) is 4.76. The lowest BCUT2D eigenvalue weighted by Crippen LogP contribution is -2.06. The lowest BCUT2D eigenvalue weighted by atomic mass is 9.88. The van der Waals surface area contributed by atoms with E-state index < -0.39 is 0 Å². The molecule has 0 radical (unpaired) electrons.